The first-order valence-electron chi connectivity index (χ1n) is 6.10. The number of thioether (sulfide) groups is 1. The number of hydrogen-bond donors (Lipinski definition) is 2. The topological polar surface area (TPSA) is 58.2 Å². The van der Waals surface area contributed by atoms with E-state index in [9.17, 15) is 17.2 Å². The zero-order valence-electron chi connectivity index (χ0n) is 11.4. The minimum absolute atomic E-state index is 0.0532. The zero-order valence-corrected chi connectivity index (χ0v) is 13.0. The van der Waals surface area contributed by atoms with Crippen molar-refractivity contribution in [3.8, 4) is 0 Å². The number of halogens is 2. The first-order chi connectivity index (χ1) is 9.44. The van der Waals surface area contributed by atoms with Gasteiger partial charge in [-0.15, -0.1) is 0 Å². The van der Waals surface area contributed by atoms with Gasteiger partial charge in [-0.2, -0.15) is 11.8 Å². The average Bonchev–Trinajstić information content (AvgIpc) is 2.38. The van der Waals surface area contributed by atoms with E-state index in [0.717, 1.165) is 12.1 Å². The first-order valence-corrected chi connectivity index (χ1v) is 8.98. The quantitative estimate of drug-likeness (QED) is 0.715. The summed E-state index contributed by atoms with van der Waals surface area (Å²) >= 11 is 1.47. The highest BCUT2D eigenvalue weighted by atomic mass is 32.2. The van der Waals surface area contributed by atoms with Crippen LogP contribution in [0.1, 0.15) is 12.5 Å². The van der Waals surface area contributed by atoms with Crippen LogP contribution in [0, 0.1) is 11.6 Å². The highest BCUT2D eigenvalue weighted by Gasteiger charge is 2.22. The molecule has 20 heavy (non-hydrogen) atoms. The second-order valence-electron chi connectivity index (χ2n) is 4.01. The summed E-state index contributed by atoms with van der Waals surface area (Å²) in [7, 11) is -3.96. The van der Waals surface area contributed by atoms with Gasteiger partial charge in [0.15, 0.2) is 5.82 Å². The molecule has 0 spiro atoms. The van der Waals surface area contributed by atoms with Gasteiger partial charge < -0.3 is 5.32 Å². The molecule has 1 rings (SSSR count). The van der Waals surface area contributed by atoms with E-state index in [1.165, 1.54) is 11.8 Å². The van der Waals surface area contributed by atoms with Crippen LogP contribution in [0.4, 0.5) is 8.78 Å². The molecule has 0 saturated heterocycles. The molecule has 4 nitrogen and oxygen atoms in total. The molecule has 0 bridgehead atoms. The fourth-order valence-electron chi connectivity index (χ4n) is 1.55. The van der Waals surface area contributed by atoms with Crippen molar-refractivity contribution in [3.05, 3.63) is 29.3 Å². The second kappa shape index (κ2) is 7.92. The van der Waals surface area contributed by atoms with Crippen molar-refractivity contribution in [1.82, 2.24) is 10.0 Å². The van der Waals surface area contributed by atoms with Crippen LogP contribution in [-0.4, -0.2) is 33.5 Å². The van der Waals surface area contributed by atoms with Crippen LogP contribution >= 0.6 is 11.8 Å². The smallest absolute Gasteiger partial charge is 0.243 e. The Morgan fingerprint density at radius 1 is 1.30 bits per heavy atom. The van der Waals surface area contributed by atoms with Crippen molar-refractivity contribution in [2.75, 3.05) is 25.1 Å². The number of sulfonamides is 1. The van der Waals surface area contributed by atoms with E-state index in [1.807, 2.05) is 6.26 Å². The molecule has 0 aliphatic carbocycles. The van der Waals surface area contributed by atoms with Crippen LogP contribution in [0.25, 0.3) is 0 Å². The van der Waals surface area contributed by atoms with Gasteiger partial charge in [0.05, 0.1) is 0 Å². The third-order valence-electron chi connectivity index (χ3n) is 2.59. The summed E-state index contributed by atoms with van der Waals surface area (Å²) in [4.78, 5) is -0.520. The van der Waals surface area contributed by atoms with Crippen molar-refractivity contribution in [1.29, 1.82) is 0 Å². The van der Waals surface area contributed by atoms with E-state index < -0.39 is 26.6 Å². The molecule has 0 aromatic heterocycles. The normalized spacial score (nSPS) is 11.8. The molecule has 0 unspecified atom stereocenters. The molecule has 1 aromatic carbocycles. The summed E-state index contributed by atoms with van der Waals surface area (Å²) in [5.41, 5.74) is -0.264. The van der Waals surface area contributed by atoms with Crippen LogP contribution < -0.4 is 10.0 Å². The fourth-order valence-corrected chi connectivity index (χ4v) is 3.12. The van der Waals surface area contributed by atoms with Gasteiger partial charge in [0.1, 0.15) is 10.7 Å². The van der Waals surface area contributed by atoms with Crippen LogP contribution in [-0.2, 0) is 16.6 Å². The van der Waals surface area contributed by atoms with Gasteiger partial charge in [-0.3, -0.25) is 0 Å². The highest BCUT2D eigenvalue weighted by molar-refractivity contribution is 7.98. The maximum atomic E-state index is 14.2. The number of benzene rings is 1. The van der Waals surface area contributed by atoms with E-state index >= 15 is 0 Å². The molecule has 0 aliphatic rings. The molecular weight excluding hydrogens is 306 g/mol. The third-order valence-corrected chi connectivity index (χ3v) is 4.68. The maximum absolute atomic E-state index is 14.2. The van der Waals surface area contributed by atoms with E-state index in [-0.39, 0.29) is 18.7 Å². The Labute approximate surface area is 122 Å². The average molecular weight is 324 g/mol. The predicted molar refractivity (Wildman–Crippen MR) is 77.3 cm³/mol. The molecule has 2 N–H and O–H groups in total. The Balaban J connectivity index is 3.06. The van der Waals surface area contributed by atoms with Crippen LogP contribution in [0.2, 0.25) is 0 Å². The third kappa shape index (κ3) is 4.41. The van der Waals surface area contributed by atoms with E-state index in [4.69, 9.17) is 0 Å². The van der Waals surface area contributed by atoms with Gasteiger partial charge in [0.25, 0.3) is 0 Å². The number of nitrogens with one attached hydrogen (secondary N) is 2. The molecule has 0 saturated carbocycles. The predicted octanol–water partition coefficient (Wildman–Crippen LogP) is 1.72. The van der Waals surface area contributed by atoms with Crippen LogP contribution in [0.15, 0.2) is 17.0 Å². The Bertz CT molecular complexity index is 551. The lowest BCUT2D eigenvalue weighted by Gasteiger charge is -2.11. The highest BCUT2D eigenvalue weighted by Crippen LogP contribution is 2.21. The number of rotatable bonds is 8. The van der Waals surface area contributed by atoms with Gasteiger partial charge in [-0.25, -0.2) is 21.9 Å². The van der Waals surface area contributed by atoms with Gasteiger partial charge in [0.2, 0.25) is 10.0 Å². The van der Waals surface area contributed by atoms with E-state index in [0.29, 0.717) is 12.3 Å². The standard InChI is InChI=1S/C12H18F2N2O2S2/c1-3-15-8-9-10(13)4-5-11(12(9)14)20(17,18)16-6-7-19-2/h4-5,15-16H,3,6-8H2,1-2H3. The lowest BCUT2D eigenvalue weighted by atomic mass is 10.2. The Morgan fingerprint density at radius 3 is 2.60 bits per heavy atom. The Morgan fingerprint density at radius 2 is 2.00 bits per heavy atom. The summed E-state index contributed by atoms with van der Waals surface area (Å²) < 4.78 is 53.9. The van der Waals surface area contributed by atoms with Crippen molar-refractivity contribution < 1.29 is 17.2 Å². The zero-order chi connectivity index (χ0) is 15.2. The molecule has 1 aromatic rings. The minimum Gasteiger partial charge on any atom is -0.313 e. The Hall–Kier alpha value is -0.700. The summed E-state index contributed by atoms with van der Waals surface area (Å²) in [6.45, 7) is 2.47. The molecule has 0 heterocycles. The second-order valence-corrected chi connectivity index (χ2v) is 6.73. The van der Waals surface area contributed by atoms with E-state index in [1.54, 1.807) is 6.92 Å². The fraction of sp³-hybridized carbons (Fsp3) is 0.500. The van der Waals surface area contributed by atoms with Crippen LogP contribution in [0.3, 0.4) is 0 Å². The van der Waals surface area contributed by atoms with Crippen molar-refractivity contribution in [2.45, 2.75) is 18.4 Å². The van der Waals surface area contributed by atoms with Crippen molar-refractivity contribution in [2.24, 2.45) is 0 Å². The molecular formula is C12H18F2N2O2S2. The van der Waals surface area contributed by atoms with Crippen molar-refractivity contribution in [3.63, 3.8) is 0 Å². The lowest BCUT2D eigenvalue weighted by Crippen LogP contribution is -2.27. The summed E-state index contributed by atoms with van der Waals surface area (Å²) in [6, 6.07) is 1.92. The van der Waals surface area contributed by atoms with Gasteiger partial charge in [-0.1, -0.05) is 6.92 Å². The molecule has 8 heteroatoms. The summed E-state index contributed by atoms with van der Waals surface area (Å²) in [5.74, 6) is -1.22. The SMILES string of the molecule is CCNCc1c(F)ccc(S(=O)(=O)NCCSC)c1F. The summed E-state index contributed by atoms with van der Waals surface area (Å²) in [6.07, 6.45) is 1.83. The van der Waals surface area contributed by atoms with Gasteiger partial charge >= 0.3 is 0 Å². The largest absolute Gasteiger partial charge is 0.313 e. The van der Waals surface area contributed by atoms with Crippen LogP contribution in [0.5, 0.6) is 0 Å². The summed E-state index contributed by atoms with van der Waals surface area (Å²) in [5, 5.41) is 2.78. The van der Waals surface area contributed by atoms with Gasteiger partial charge in [0, 0.05) is 24.4 Å². The molecule has 0 fully saturated rings. The number of hydrogen-bond acceptors (Lipinski definition) is 4. The maximum Gasteiger partial charge on any atom is 0.243 e. The molecule has 0 aliphatic heterocycles. The molecule has 0 amide bonds. The lowest BCUT2D eigenvalue weighted by molar-refractivity contribution is 0.514. The van der Waals surface area contributed by atoms with Crippen molar-refractivity contribution >= 4 is 21.8 Å². The molecule has 0 radical (unpaired) electrons. The minimum atomic E-state index is -3.96. The molecule has 114 valence electrons. The monoisotopic (exact) mass is 324 g/mol. The van der Waals surface area contributed by atoms with E-state index in [2.05, 4.69) is 10.0 Å². The first kappa shape index (κ1) is 17.4. The molecule has 0 atom stereocenters. The Kier molecular flexibility index (Phi) is 6.87. The van der Waals surface area contributed by atoms with Gasteiger partial charge in [-0.05, 0) is 24.9 Å².